The minimum Gasteiger partial charge on any atom is -0.378 e. The number of anilines is 1. The molecule has 8 heteroatoms. The number of nitrogens with two attached hydrogens (primary N) is 1. The molecule has 138 valence electrons. The zero-order valence-corrected chi connectivity index (χ0v) is 14.7. The first-order chi connectivity index (χ1) is 12.5. The molecule has 3 N–H and O–H groups in total. The van der Waals surface area contributed by atoms with Gasteiger partial charge in [-0.05, 0) is 12.5 Å². The van der Waals surface area contributed by atoms with Crippen molar-refractivity contribution in [3.05, 3.63) is 47.8 Å². The van der Waals surface area contributed by atoms with E-state index >= 15 is 0 Å². The lowest BCUT2D eigenvalue weighted by Crippen LogP contribution is -2.42. The van der Waals surface area contributed by atoms with Gasteiger partial charge in [0.1, 0.15) is 12.6 Å². The van der Waals surface area contributed by atoms with Crippen LogP contribution in [0.2, 0.25) is 0 Å². The molecule has 1 unspecified atom stereocenters. The molecule has 0 saturated carbocycles. The second-order valence-corrected chi connectivity index (χ2v) is 6.30. The lowest BCUT2D eigenvalue weighted by atomic mass is 10.1. The summed E-state index contributed by atoms with van der Waals surface area (Å²) in [6.45, 7) is 4.40. The zero-order chi connectivity index (χ0) is 18.5. The summed E-state index contributed by atoms with van der Waals surface area (Å²) >= 11 is 0. The van der Waals surface area contributed by atoms with E-state index in [1.165, 1.54) is 10.9 Å². The van der Waals surface area contributed by atoms with Crippen LogP contribution in [0.1, 0.15) is 17.2 Å². The predicted octanol–water partition coefficient (Wildman–Crippen LogP) is 0.689. The first-order valence-electron chi connectivity index (χ1n) is 8.54. The van der Waals surface area contributed by atoms with Crippen molar-refractivity contribution in [1.82, 2.24) is 14.7 Å². The normalized spacial score (nSPS) is 15.5. The molecule has 2 heterocycles. The fourth-order valence-corrected chi connectivity index (χ4v) is 2.71. The standard InChI is InChI=1S/C18H23N5O3/c1-13-2-4-14(5-3-13)17(19)18(25)21-15-10-20-23(11-15)12-16(24)22-6-8-26-9-7-22/h2-5,10-11,17H,6-9,12,19H2,1H3,(H,21,25). The molecule has 2 amide bonds. The van der Waals surface area contributed by atoms with Gasteiger partial charge in [0.05, 0.1) is 25.1 Å². The van der Waals surface area contributed by atoms with Crippen LogP contribution in [0.4, 0.5) is 5.69 Å². The van der Waals surface area contributed by atoms with Gasteiger partial charge in [-0.3, -0.25) is 14.3 Å². The average Bonchev–Trinajstić information content (AvgIpc) is 3.09. The molecule has 1 aromatic carbocycles. The third kappa shape index (κ3) is 4.47. The maximum atomic E-state index is 12.3. The molecule has 3 rings (SSSR count). The van der Waals surface area contributed by atoms with Crippen LogP contribution in [0.15, 0.2) is 36.7 Å². The Morgan fingerprint density at radius 2 is 1.96 bits per heavy atom. The minimum atomic E-state index is -0.770. The summed E-state index contributed by atoms with van der Waals surface area (Å²) in [4.78, 5) is 26.3. The van der Waals surface area contributed by atoms with Crippen LogP contribution < -0.4 is 11.1 Å². The summed E-state index contributed by atoms with van der Waals surface area (Å²) in [5.74, 6) is -0.349. The van der Waals surface area contributed by atoms with E-state index in [0.29, 0.717) is 32.0 Å². The molecule has 1 saturated heterocycles. The minimum absolute atomic E-state index is 0.0226. The van der Waals surface area contributed by atoms with Crippen LogP contribution in [0, 0.1) is 6.92 Å². The Balaban J connectivity index is 1.56. The van der Waals surface area contributed by atoms with Gasteiger partial charge in [-0.2, -0.15) is 5.10 Å². The second-order valence-electron chi connectivity index (χ2n) is 6.30. The van der Waals surface area contributed by atoms with Crippen molar-refractivity contribution in [3.8, 4) is 0 Å². The first-order valence-corrected chi connectivity index (χ1v) is 8.54. The van der Waals surface area contributed by atoms with Gasteiger partial charge in [0.25, 0.3) is 0 Å². The molecule has 26 heavy (non-hydrogen) atoms. The monoisotopic (exact) mass is 357 g/mol. The molecular formula is C18H23N5O3. The molecule has 0 bridgehead atoms. The lowest BCUT2D eigenvalue weighted by molar-refractivity contribution is -0.136. The van der Waals surface area contributed by atoms with E-state index in [0.717, 1.165) is 11.1 Å². The van der Waals surface area contributed by atoms with E-state index in [9.17, 15) is 9.59 Å². The zero-order valence-electron chi connectivity index (χ0n) is 14.7. The Hall–Kier alpha value is -2.71. The fourth-order valence-electron chi connectivity index (χ4n) is 2.71. The Kier molecular flexibility index (Phi) is 5.65. The topological polar surface area (TPSA) is 102 Å². The average molecular weight is 357 g/mol. The van der Waals surface area contributed by atoms with Gasteiger partial charge in [-0.1, -0.05) is 29.8 Å². The highest BCUT2D eigenvalue weighted by Crippen LogP contribution is 2.14. The Labute approximate surface area is 151 Å². The van der Waals surface area contributed by atoms with Crippen molar-refractivity contribution in [3.63, 3.8) is 0 Å². The van der Waals surface area contributed by atoms with Crippen LogP contribution >= 0.6 is 0 Å². The maximum absolute atomic E-state index is 12.3. The highest BCUT2D eigenvalue weighted by atomic mass is 16.5. The third-order valence-electron chi connectivity index (χ3n) is 4.28. The summed E-state index contributed by atoms with van der Waals surface area (Å²) in [5.41, 5.74) is 8.36. The van der Waals surface area contributed by atoms with Gasteiger partial charge in [-0.15, -0.1) is 0 Å². The summed E-state index contributed by atoms with van der Waals surface area (Å²) < 4.78 is 6.74. The molecule has 0 aliphatic carbocycles. The number of hydrogen-bond acceptors (Lipinski definition) is 5. The van der Waals surface area contributed by atoms with E-state index in [-0.39, 0.29) is 18.4 Å². The number of carbonyl (C=O) groups excluding carboxylic acids is 2. The SMILES string of the molecule is Cc1ccc(C(N)C(=O)Nc2cnn(CC(=O)N3CCOCC3)c2)cc1. The van der Waals surface area contributed by atoms with Gasteiger partial charge in [0, 0.05) is 19.3 Å². The largest absolute Gasteiger partial charge is 0.378 e. The number of carbonyl (C=O) groups is 2. The van der Waals surface area contributed by atoms with Crippen LogP contribution in [0.25, 0.3) is 0 Å². The van der Waals surface area contributed by atoms with Gasteiger partial charge >= 0.3 is 0 Å². The van der Waals surface area contributed by atoms with Crippen LogP contribution in [-0.2, 0) is 20.9 Å². The Morgan fingerprint density at radius 3 is 2.65 bits per heavy atom. The van der Waals surface area contributed by atoms with Crippen molar-refractivity contribution in [2.24, 2.45) is 5.73 Å². The molecule has 1 fully saturated rings. The fraction of sp³-hybridized carbons (Fsp3) is 0.389. The molecule has 1 atom stereocenters. The number of aryl methyl sites for hydroxylation is 1. The molecule has 1 aliphatic heterocycles. The third-order valence-corrected chi connectivity index (χ3v) is 4.28. The molecular weight excluding hydrogens is 334 g/mol. The Morgan fingerprint density at radius 1 is 1.27 bits per heavy atom. The summed E-state index contributed by atoms with van der Waals surface area (Å²) in [5, 5.41) is 6.87. The van der Waals surface area contributed by atoms with E-state index in [2.05, 4.69) is 10.4 Å². The number of nitrogens with one attached hydrogen (secondary N) is 1. The number of morpholine rings is 1. The summed E-state index contributed by atoms with van der Waals surface area (Å²) in [7, 11) is 0. The van der Waals surface area contributed by atoms with Crippen molar-refractivity contribution >= 4 is 17.5 Å². The van der Waals surface area contributed by atoms with Crippen molar-refractivity contribution < 1.29 is 14.3 Å². The van der Waals surface area contributed by atoms with Crippen LogP contribution in [0.5, 0.6) is 0 Å². The van der Waals surface area contributed by atoms with Crippen molar-refractivity contribution in [2.75, 3.05) is 31.6 Å². The second kappa shape index (κ2) is 8.11. The smallest absolute Gasteiger partial charge is 0.245 e. The van der Waals surface area contributed by atoms with Crippen molar-refractivity contribution in [2.45, 2.75) is 19.5 Å². The number of benzene rings is 1. The van der Waals surface area contributed by atoms with Gasteiger partial charge in [0.2, 0.25) is 11.8 Å². The maximum Gasteiger partial charge on any atom is 0.245 e. The van der Waals surface area contributed by atoms with Gasteiger partial charge in [0.15, 0.2) is 0 Å². The van der Waals surface area contributed by atoms with E-state index in [4.69, 9.17) is 10.5 Å². The molecule has 8 nitrogen and oxygen atoms in total. The lowest BCUT2D eigenvalue weighted by Gasteiger charge is -2.26. The number of ether oxygens (including phenoxy) is 1. The number of amides is 2. The van der Waals surface area contributed by atoms with Gasteiger partial charge in [-0.25, -0.2) is 0 Å². The number of nitrogens with zero attached hydrogens (tertiary/aromatic N) is 3. The van der Waals surface area contributed by atoms with E-state index in [1.807, 2.05) is 31.2 Å². The summed E-state index contributed by atoms with van der Waals surface area (Å²) in [6, 6.07) is 6.73. The Bertz CT molecular complexity index is 765. The van der Waals surface area contributed by atoms with E-state index in [1.54, 1.807) is 11.1 Å². The number of rotatable bonds is 5. The quantitative estimate of drug-likeness (QED) is 0.820. The molecule has 2 aromatic rings. The predicted molar refractivity (Wildman–Crippen MR) is 96.4 cm³/mol. The van der Waals surface area contributed by atoms with Crippen LogP contribution in [-0.4, -0.2) is 52.8 Å². The number of aromatic nitrogens is 2. The first kappa shape index (κ1) is 18.1. The number of hydrogen-bond donors (Lipinski definition) is 2. The molecule has 0 spiro atoms. The van der Waals surface area contributed by atoms with E-state index < -0.39 is 6.04 Å². The molecule has 1 aromatic heterocycles. The van der Waals surface area contributed by atoms with Gasteiger partial charge < -0.3 is 20.7 Å². The highest BCUT2D eigenvalue weighted by Gasteiger charge is 2.19. The summed E-state index contributed by atoms with van der Waals surface area (Å²) in [6.07, 6.45) is 3.13. The highest BCUT2D eigenvalue weighted by molar-refractivity contribution is 5.95. The van der Waals surface area contributed by atoms with Crippen molar-refractivity contribution in [1.29, 1.82) is 0 Å². The molecule has 1 aliphatic rings. The van der Waals surface area contributed by atoms with Crippen LogP contribution in [0.3, 0.4) is 0 Å². The molecule has 0 radical (unpaired) electrons.